The number of aryl methyl sites for hydroxylation is 1. The summed E-state index contributed by atoms with van der Waals surface area (Å²) in [5, 5.41) is 4.14. The molecule has 0 aliphatic heterocycles. The highest BCUT2D eigenvalue weighted by Gasteiger charge is 2.39. The van der Waals surface area contributed by atoms with Gasteiger partial charge in [0.05, 0.1) is 5.41 Å². The molecule has 1 fully saturated rings. The zero-order chi connectivity index (χ0) is 14.0. The van der Waals surface area contributed by atoms with E-state index in [1.165, 1.54) is 18.4 Å². The van der Waals surface area contributed by atoms with E-state index in [1.807, 2.05) is 0 Å². The van der Waals surface area contributed by atoms with Crippen LogP contribution in [0.2, 0.25) is 0 Å². The van der Waals surface area contributed by atoms with Crippen LogP contribution in [0.3, 0.4) is 0 Å². The number of benzene rings is 1. The minimum Gasteiger partial charge on any atom is -0.338 e. The summed E-state index contributed by atoms with van der Waals surface area (Å²) in [5.41, 5.74) is 8.18. The zero-order valence-corrected chi connectivity index (χ0v) is 13.2. The molecule has 0 unspecified atom stereocenters. The molecule has 114 valence electrons. The van der Waals surface area contributed by atoms with Crippen LogP contribution < -0.4 is 5.73 Å². The lowest BCUT2D eigenvalue weighted by atomic mass is 9.86. The average molecular weight is 308 g/mol. The van der Waals surface area contributed by atoms with Crippen molar-refractivity contribution in [2.24, 2.45) is 5.73 Å². The Morgan fingerprint density at radius 1 is 1.19 bits per heavy atom. The third kappa shape index (κ3) is 2.97. The molecule has 5 heteroatoms. The van der Waals surface area contributed by atoms with Crippen molar-refractivity contribution >= 4 is 12.4 Å². The van der Waals surface area contributed by atoms with Gasteiger partial charge in [-0.05, 0) is 24.8 Å². The summed E-state index contributed by atoms with van der Waals surface area (Å²) >= 11 is 0. The maximum atomic E-state index is 5.96. The molecule has 0 bridgehead atoms. The van der Waals surface area contributed by atoms with Gasteiger partial charge >= 0.3 is 0 Å². The maximum Gasteiger partial charge on any atom is 0.234 e. The predicted molar refractivity (Wildman–Crippen MR) is 85.6 cm³/mol. The molecule has 0 radical (unpaired) electrons. The maximum absolute atomic E-state index is 5.96. The van der Waals surface area contributed by atoms with Gasteiger partial charge < -0.3 is 10.3 Å². The smallest absolute Gasteiger partial charge is 0.234 e. The van der Waals surface area contributed by atoms with Gasteiger partial charge in [0, 0.05) is 12.1 Å². The molecular formula is C16H22ClN3O. The second-order valence-corrected chi connectivity index (χ2v) is 5.67. The summed E-state index contributed by atoms with van der Waals surface area (Å²) in [6, 6.07) is 8.33. The van der Waals surface area contributed by atoms with Crippen LogP contribution in [0.15, 0.2) is 28.8 Å². The van der Waals surface area contributed by atoms with Crippen molar-refractivity contribution in [3.63, 3.8) is 0 Å². The molecule has 0 amide bonds. The van der Waals surface area contributed by atoms with Crippen molar-refractivity contribution in [1.82, 2.24) is 10.1 Å². The molecular weight excluding hydrogens is 286 g/mol. The van der Waals surface area contributed by atoms with Crippen molar-refractivity contribution in [3.8, 4) is 11.4 Å². The van der Waals surface area contributed by atoms with Gasteiger partial charge in [-0.1, -0.05) is 49.2 Å². The molecule has 0 saturated heterocycles. The lowest BCUT2D eigenvalue weighted by Gasteiger charge is -2.21. The number of nitrogens with two attached hydrogens (primary N) is 1. The molecule has 0 atom stereocenters. The monoisotopic (exact) mass is 307 g/mol. The minimum absolute atomic E-state index is 0. The third-order valence-corrected chi connectivity index (χ3v) is 4.45. The van der Waals surface area contributed by atoms with Crippen LogP contribution in [0.25, 0.3) is 11.4 Å². The van der Waals surface area contributed by atoms with Crippen LogP contribution in [-0.2, 0) is 11.8 Å². The number of aromatic nitrogens is 2. The number of rotatable bonds is 4. The molecule has 2 N–H and O–H groups in total. The van der Waals surface area contributed by atoms with Crippen LogP contribution in [0.4, 0.5) is 0 Å². The number of nitrogens with zero attached hydrogens (tertiary/aromatic N) is 2. The van der Waals surface area contributed by atoms with Crippen LogP contribution in [0, 0.1) is 0 Å². The van der Waals surface area contributed by atoms with Crippen LogP contribution in [0.1, 0.15) is 44.1 Å². The minimum atomic E-state index is -0.0887. The number of hydrogen-bond acceptors (Lipinski definition) is 4. The summed E-state index contributed by atoms with van der Waals surface area (Å²) in [4.78, 5) is 4.60. The fourth-order valence-corrected chi connectivity index (χ4v) is 3.00. The van der Waals surface area contributed by atoms with Gasteiger partial charge in [-0.25, -0.2) is 0 Å². The van der Waals surface area contributed by atoms with Crippen molar-refractivity contribution in [2.75, 3.05) is 6.54 Å². The molecule has 3 rings (SSSR count). The van der Waals surface area contributed by atoms with E-state index in [0.29, 0.717) is 18.3 Å². The van der Waals surface area contributed by atoms with E-state index >= 15 is 0 Å². The zero-order valence-electron chi connectivity index (χ0n) is 12.3. The van der Waals surface area contributed by atoms with E-state index in [4.69, 9.17) is 10.3 Å². The third-order valence-electron chi connectivity index (χ3n) is 4.45. The molecule has 2 aromatic rings. The molecule has 21 heavy (non-hydrogen) atoms. The summed E-state index contributed by atoms with van der Waals surface area (Å²) in [7, 11) is 0. The van der Waals surface area contributed by atoms with Gasteiger partial charge in [-0.2, -0.15) is 4.98 Å². The first-order valence-electron chi connectivity index (χ1n) is 7.41. The molecule has 1 saturated carbocycles. The fourth-order valence-electron chi connectivity index (χ4n) is 3.00. The Morgan fingerprint density at radius 3 is 2.43 bits per heavy atom. The highest BCUT2D eigenvalue weighted by atomic mass is 35.5. The van der Waals surface area contributed by atoms with Gasteiger partial charge in [0.2, 0.25) is 11.7 Å². The van der Waals surface area contributed by atoms with Crippen LogP contribution in [-0.4, -0.2) is 16.7 Å². The largest absolute Gasteiger partial charge is 0.338 e. The Morgan fingerprint density at radius 2 is 1.86 bits per heavy atom. The van der Waals surface area contributed by atoms with E-state index in [0.717, 1.165) is 24.8 Å². The number of halogens is 1. The highest BCUT2D eigenvalue weighted by molar-refractivity contribution is 5.85. The summed E-state index contributed by atoms with van der Waals surface area (Å²) in [6.07, 6.45) is 5.54. The quantitative estimate of drug-likeness (QED) is 0.939. The Kier molecular flexibility index (Phi) is 5.01. The standard InChI is InChI=1S/C16H21N3O.ClH/c1-2-12-5-7-13(8-6-12)14-18-15(20-19-14)16(11-17)9-3-4-10-16;/h5-8H,2-4,9-11,17H2,1H3;1H. The van der Waals surface area contributed by atoms with Gasteiger partial charge in [-0.3, -0.25) is 0 Å². The first-order chi connectivity index (χ1) is 9.77. The normalized spacial score (nSPS) is 16.7. The SMILES string of the molecule is CCc1ccc(-c2noc(C3(CN)CCCC3)n2)cc1.Cl. The van der Waals surface area contributed by atoms with Crippen molar-refractivity contribution in [3.05, 3.63) is 35.7 Å². The molecule has 1 aromatic heterocycles. The molecule has 4 nitrogen and oxygen atoms in total. The molecule has 1 aliphatic rings. The van der Waals surface area contributed by atoms with Crippen LogP contribution in [0.5, 0.6) is 0 Å². The summed E-state index contributed by atoms with van der Waals surface area (Å²) in [5.74, 6) is 1.38. The molecule has 1 heterocycles. The van der Waals surface area contributed by atoms with E-state index in [1.54, 1.807) is 0 Å². The Labute approximate surface area is 131 Å². The van der Waals surface area contributed by atoms with E-state index < -0.39 is 0 Å². The summed E-state index contributed by atoms with van der Waals surface area (Å²) < 4.78 is 5.51. The van der Waals surface area contributed by atoms with Gasteiger partial charge in [0.25, 0.3) is 0 Å². The Balaban J connectivity index is 0.00000161. The van der Waals surface area contributed by atoms with Gasteiger partial charge in [-0.15, -0.1) is 12.4 Å². The van der Waals surface area contributed by atoms with E-state index in [-0.39, 0.29) is 17.8 Å². The topological polar surface area (TPSA) is 64.9 Å². The van der Waals surface area contributed by atoms with Gasteiger partial charge in [0.15, 0.2) is 0 Å². The first kappa shape index (κ1) is 16.0. The van der Waals surface area contributed by atoms with E-state index in [9.17, 15) is 0 Å². The second kappa shape index (κ2) is 6.58. The van der Waals surface area contributed by atoms with E-state index in [2.05, 4.69) is 41.3 Å². The van der Waals surface area contributed by atoms with Crippen molar-refractivity contribution in [1.29, 1.82) is 0 Å². The average Bonchev–Trinajstić information content (AvgIpc) is 3.17. The molecule has 0 spiro atoms. The van der Waals surface area contributed by atoms with Crippen molar-refractivity contribution in [2.45, 2.75) is 44.4 Å². The summed E-state index contributed by atoms with van der Waals surface area (Å²) in [6.45, 7) is 2.73. The Bertz CT molecular complexity index is 573. The fraction of sp³-hybridized carbons (Fsp3) is 0.500. The first-order valence-corrected chi connectivity index (χ1v) is 7.41. The van der Waals surface area contributed by atoms with Gasteiger partial charge in [0.1, 0.15) is 0 Å². The lowest BCUT2D eigenvalue weighted by Crippen LogP contribution is -2.32. The molecule has 1 aliphatic carbocycles. The Hall–Kier alpha value is -1.39. The van der Waals surface area contributed by atoms with Crippen LogP contribution >= 0.6 is 12.4 Å². The highest BCUT2D eigenvalue weighted by Crippen LogP contribution is 2.39. The van der Waals surface area contributed by atoms with Crippen molar-refractivity contribution < 1.29 is 4.52 Å². The second-order valence-electron chi connectivity index (χ2n) is 5.67. The molecule has 1 aromatic carbocycles. The number of hydrogen-bond donors (Lipinski definition) is 1. The predicted octanol–water partition coefficient (Wildman–Crippen LogP) is 3.49. The lowest BCUT2D eigenvalue weighted by molar-refractivity contribution is 0.284.